The fraction of sp³-hybridized carbons (Fsp3) is 0.455. The number of halogens is 4. The van der Waals surface area contributed by atoms with E-state index in [9.17, 15) is 13.2 Å². The van der Waals surface area contributed by atoms with Crippen molar-refractivity contribution in [2.75, 3.05) is 6.54 Å². The third kappa shape index (κ3) is 3.68. The van der Waals surface area contributed by atoms with Gasteiger partial charge in [-0.05, 0) is 30.5 Å². The molecule has 1 unspecified atom stereocenters. The van der Waals surface area contributed by atoms with E-state index in [4.69, 9.17) is 5.73 Å². The van der Waals surface area contributed by atoms with Crippen molar-refractivity contribution in [1.29, 1.82) is 0 Å². The molecule has 0 spiro atoms. The normalized spacial score (nSPS) is 13.1. The molecule has 0 saturated carbocycles. The summed E-state index contributed by atoms with van der Waals surface area (Å²) in [5, 5.41) is 0. The Balaban J connectivity index is 0.00000225. The standard InChI is InChI=1S/C11H14F3N.ClH/c1-2-8(7-15)9-4-3-5-10(6-9)11(12,13)14;/h3-6,8H,2,7,15H2,1H3;1H. The van der Waals surface area contributed by atoms with Crippen molar-refractivity contribution in [2.24, 2.45) is 5.73 Å². The predicted octanol–water partition coefficient (Wildman–Crippen LogP) is 3.58. The van der Waals surface area contributed by atoms with Gasteiger partial charge in [-0.3, -0.25) is 0 Å². The molecular weight excluding hydrogens is 239 g/mol. The van der Waals surface area contributed by atoms with Crippen LogP contribution in [0.1, 0.15) is 30.4 Å². The van der Waals surface area contributed by atoms with Gasteiger partial charge in [0.05, 0.1) is 5.56 Å². The summed E-state index contributed by atoms with van der Waals surface area (Å²) in [6, 6.07) is 5.38. The Morgan fingerprint density at radius 1 is 1.31 bits per heavy atom. The summed E-state index contributed by atoms with van der Waals surface area (Å²) in [7, 11) is 0. The predicted molar refractivity (Wildman–Crippen MR) is 60.8 cm³/mol. The van der Waals surface area contributed by atoms with Crippen LogP contribution in [-0.4, -0.2) is 6.54 Å². The molecule has 92 valence electrons. The molecule has 0 radical (unpaired) electrons. The van der Waals surface area contributed by atoms with Gasteiger partial charge in [0.25, 0.3) is 0 Å². The van der Waals surface area contributed by atoms with Crippen molar-refractivity contribution in [3.63, 3.8) is 0 Å². The second-order valence-corrected chi connectivity index (χ2v) is 3.46. The van der Waals surface area contributed by atoms with E-state index in [1.807, 2.05) is 6.92 Å². The lowest BCUT2D eigenvalue weighted by atomic mass is 9.95. The molecule has 5 heteroatoms. The number of hydrogen-bond acceptors (Lipinski definition) is 1. The lowest BCUT2D eigenvalue weighted by molar-refractivity contribution is -0.137. The third-order valence-corrected chi connectivity index (χ3v) is 2.46. The van der Waals surface area contributed by atoms with E-state index >= 15 is 0 Å². The Kier molecular flexibility index (Phi) is 5.83. The molecule has 1 atom stereocenters. The highest BCUT2D eigenvalue weighted by atomic mass is 35.5. The third-order valence-electron chi connectivity index (χ3n) is 2.46. The summed E-state index contributed by atoms with van der Waals surface area (Å²) in [6.07, 6.45) is -3.53. The minimum Gasteiger partial charge on any atom is -0.330 e. The number of benzene rings is 1. The fourth-order valence-electron chi connectivity index (χ4n) is 1.51. The van der Waals surface area contributed by atoms with E-state index in [0.717, 1.165) is 12.5 Å². The molecule has 1 rings (SSSR count). The molecule has 0 aliphatic carbocycles. The van der Waals surface area contributed by atoms with Gasteiger partial charge in [0.15, 0.2) is 0 Å². The molecule has 1 aromatic rings. The van der Waals surface area contributed by atoms with Crippen LogP contribution in [0.3, 0.4) is 0 Å². The number of hydrogen-bond donors (Lipinski definition) is 1. The molecule has 0 aliphatic rings. The number of alkyl halides is 3. The van der Waals surface area contributed by atoms with E-state index in [2.05, 4.69) is 0 Å². The van der Waals surface area contributed by atoms with Crippen LogP contribution >= 0.6 is 12.4 Å². The topological polar surface area (TPSA) is 26.0 Å². The fourth-order valence-corrected chi connectivity index (χ4v) is 1.51. The van der Waals surface area contributed by atoms with Gasteiger partial charge in [-0.1, -0.05) is 25.1 Å². The molecule has 2 N–H and O–H groups in total. The lowest BCUT2D eigenvalue weighted by Gasteiger charge is -2.14. The SMILES string of the molecule is CCC(CN)c1cccc(C(F)(F)F)c1.Cl. The zero-order valence-corrected chi connectivity index (χ0v) is 9.74. The highest BCUT2D eigenvalue weighted by molar-refractivity contribution is 5.85. The summed E-state index contributed by atoms with van der Waals surface area (Å²) in [5.74, 6) is 0.00676. The Bertz CT molecular complexity index is 321. The van der Waals surface area contributed by atoms with Crippen LogP contribution in [0.4, 0.5) is 13.2 Å². The summed E-state index contributed by atoms with van der Waals surface area (Å²) in [4.78, 5) is 0. The molecule has 1 nitrogen and oxygen atoms in total. The zero-order valence-electron chi connectivity index (χ0n) is 8.92. The van der Waals surface area contributed by atoms with Crippen molar-refractivity contribution < 1.29 is 13.2 Å². The molecule has 0 amide bonds. The van der Waals surface area contributed by atoms with Gasteiger partial charge in [-0.15, -0.1) is 12.4 Å². The lowest BCUT2D eigenvalue weighted by Crippen LogP contribution is -2.13. The molecule has 0 bridgehead atoms. The first-order valence-electron chi connectivity index (χ1n) is 4.86. The molecule has 0 heterocycles. The van der Waals surface area contributed by atoms with Crippen molar-refractivity contribution in [2.45, 2.75) is 25.4 Å². The highest BCUT2D eigenvalue weighted by Crippen LogP contribution is 2.31. The maximum atomic E-state index is 12.4. The Morgan fingerprint density at radius 3 is 2.38 bits per heavy atom. The van der Waals surface area contributed by atoms with Crippen molar-refractivity contribution in [3.05, 3.63) is 35.4 Å². The van der Waals surface area contributed by atoms with Crippen molar-refractivity contribution in [1.82, 2.24) is 0 Å². The summed E-state index contributed by atoms with van der Waals surface area (Å²) in [6.45, 7) is 2.29. The van der Waals surface area contributed by atoms with Gasteiger partial charge in [0, 0.05) is 0 Å². The minimum atomic E-state index is -4.27. The maximum Gasteiger partial charge on any atom is 0.416 e. The van der Waals surface area contributed by atoms with E-state index in [1.54, 1.807) is 6.07 Å². The zero-order chi connectivity index (χ0) is 11.5. The average molecular weight is 254 g/mol. The molecule has 0 fully saturated rings. The highest BCUT2D eigenvalue weighted by Gasteiger charge is 2.30. The van der Waals surface area contributed by atoms with Crippen LogP contribution in [0.5, 0.6) is 0 Å². The second-order valence-electron chi connectivity index (χ2n) is 3.46. The Hall–Kier alpha value is -0.740. The summed E-state index contributed by atoms with van der Waals surface area (Å²) >= 11 is 0. The van der Waals surface area contributed by atoms with Crippen molar-refractivity contribution >= 4 is 12.4 Å². The molecule has 0 aliphatic heterocycles. The Morgan fingerprint density at radius 2 is 1.94 bits per heavy atom. The first-order chi connectivity index (χ1) is 6.99. The minimum absolute atomic E-state index is 0. The molecule has 0 aromatic heterocycles. The van der Waals surface area contributed by atoms with E-state index in [1.165, 1.54) is 12.1 Å². The van der Waals surface area contributed by atoms with Crippen LogP contribution in [0.2, 0.25) is 0 Å². The van der Waals surface area contributed by atoms with Gasteiger partial charge < -0.3 is 5.73 Å². The Labute approximate surface area is 99.2 Å². The van der Waals surface area contributed by atoms with Gasteiger partial charge in [-0.25, -0.2) is 0 Å². The molecule has 0 saturated heterocycles. The van der Waals surface area contributed by atoms with Crippen LogP contribution < -0.4 is 5.73 Å². The largest absolute Gasteiger partial charge is 0.416 e. The summed E-state index contributed by atoms with van der Waals surface area (Å²) < 4.78 is 37.2. The number of nitrogens with two attached hydrogens (primary N) is 1. The smallest absolute Gasteiger partial charge is 0.330 e. The molecule has 16 heavy (non-hydrogen) atoms. The van der Waals surface area contributed by atoms with E-state index in [0.29, 0.717) is 12.1 Å². The second kappa shape index (κ2) is 6.11. The van der Waals surface area contributed by atoms with Crippen molar-refractivity contribution in [3.8, 4) is 0 Å². The van der Waals surface area contributed by atoms with Crippen LogP contribution in [-0.2, 0) is 6.18 Å². The average Bonchev–Trinajstić information content (AvgIpc) is 2.19. The first-order valence-corrected chi connectivity index (χ1v) is 4.86. The monoisotopic (exact) mass is 253 g/mol. The molecular formula is C11H15ClF3N. The quantitative estimate of drug-likeness (QED) is 0.876. The van der Waals surface area contributed by atoms with Gasteiger partial charge in [0.1, 0.15) is 0 Å². The van der Waals surface area contributed by atoms with E-state index in [-0.39, 0.29) is 18.3 Å². The summed E-state index contributed by atoms with van der Waals surface area (Å²) in [5.41, 5.74) is 5.55. The molecule has 1 aromatic carbocycles. The van der Waals surface area contributed by atoms with Crippen LogP contribution in [0.25, 0.3) is 0 Å². The van der Waals surface area contributed by atoms with E-state index < -0.39 is 11.7 Å². The van der Waals surface area contributed by atoms with Crippen LogP contribution in [0.15, 0.2) is 24.3 Å². The first kappa shape index (κ1) is 15.3. The van der Waals surface area contributed by atoms with Crippen LogP contribution in [0, 0.1) is 0 Å². The van der Waals surface area contributed by atoms with Gasteiger partial charge in [0.2, 0.25) is 0 Å². The number of rotatable bonds is 3. The van der Waals surface area contributed by atoms with Gasteiger partial charge >= 0.3 is 6.18 Å². The maximum absolute atomic E-state index is 12.4. The van der Waals surface area contributed by atoms with Gasteiger partial charge in [-0.2, -0.15) is 13.2 Å².